The van der Waals surface area contributed by atoms with E-state index in [-0.39, 0.29) is 22.9 Å². The number of hydrogen-bond donors (Lipinski definition) is 3. The molecule has 0 spiro atoms. The predicted octanol–water partition coefficient (Wildman–Crippen LogP) is 4.59. The van der Waals surface area contributed by atoms with Crippen LogP contribution in [0.1, 0.15) is 15.9 Å². The van der Waals surface area contributed by atoms with Crippen molar-refractivity contribution in [2.75, 3.05) is 10.6 Å². The van der Waals surface area contributed by atoms with Gasteiger partial charge in [0.25, 0.3) is 0 Å². The van der Waals surface area contributed by atoms with Crippen LogP contribution in [-0.4, -0.2) is 26.0 Å². The van der Waals surface area contributed by atoms with E-state index in [0.717, 1.165) is 30.6 Å². The van der Waals surface area contributed by atoms with E-state index in [1.165, 1.54) is 24.3 Å². The molecule has 0 saturated heterocycles. The lowest BCUT2D eigenvalue weighted by atomic mass is 10.2. The number of rotatable bonds is 6. The molecule has 12 heteroatoms. The van der Waals surface area contributed by atoms with E-state index < -0.39 is 28.3 Å². The van der Waals surface area contributed by atoms with Gasteiger partial charge >= 0.3 is 17.8 Å². The van der Waals surface area contributed by atoms with Gasteiger partial charge in [-0.25, -0.2) is 14.8 Å². The molecular formula is C18H12F3N5O4. The van der Waals surface area contributed by atoms with Crippen molar-refractivity contribution >= 4 is 34.7 Å². The van der Waals surface area contributed by atoms with Crippen molar-refractivity contribution in [2.24, 2.45) is 0 Å². The van der Waals surface area contributed by atoms with Crippen LogP contribution in [0, 0.1) is 10.1 Å². The minimum Gasteiger partial charge on any atom is -0.478 e. The van der Waals surface area contributed by atoms with Crippen LogP contribution in [0.3, 0.4) is 0 Å². The second kappa shape index (κ2) is 8.03. The summed E-state index contributed by atoms with van der Waals surface area (Å²) in [4.78, 5) is 29.4. The first-order valence-corrected chi connectivity index (χ1v) is 8.19. The number of benzene rings is 2. The topological polar surface area (TPSA) is 130 Å². The molecule has 154 valence electrons. The number of anilines is 4. The molecule has 30 heavy (non-hydrogen) atoms. The largest absolute Gasteiger partial charge is 0.478 e. The van der Waals surface area contributed by atoms with Crippen molar-refractivity contribution in [3.8, 4) is 0 Å². The molecule has 9 nitrogen and oxygen atoms in total. The molecule has 0 radical (unpaired) electrons. The maximum Gasteiger partial charge on any atom is 0.416 e. The zero-order valence-corrected chi connectivity index (χ0v) is 14.8. The Hall–Kier alpha value is -4.22. The molecule has 0 fully saturated rings. The van der Waals surface area contributed by atoms with Crippen LogP contribution in [0.4, 0.5) is 41.9 Å². The molecule has 3 rings (SSSR count). The van der Waals surface area contributed by atoms with Crippen molar-refractivity contribution in [1.29, 1.82) is 0 Å². The molecule has 3 N–H and O–H groups in total. The lowest BCUT2D eigenvalue weighted by molar-refractivity contribution is -0.383. The number of nitrogens with one attached hydrogen (secondary N) is 2. The fourth-order valence-electron chi connectivity index (χ4n) is 2.45. The second-order valence-electron chi connectivity index (χ2n) is 5.88. The van der Waals surface area contributed by atoms with Gasteiger partial charge in [0.05, 0.1) is 16.1 Å². The van der Waals surface area contributed by atoms with Gasteiger partial charge in [-0.3, -0.25) is 10.1 Å². The van der Waals surface area contributed by atoms with Crippen LogP contribution in [0.15, 0.2) is 54.9 Å². The normalized spacial score (nSPS) is 11.0. The number of carboxylic acid groups (broad SMARTS) is 1. The van der Waals surface area contributed by atoms with Crippen LogP contribution in [0.2, 0.25) is 0 Å². The second-order valence-corrected chi connectivity index (χ2v) is 5.88. The zero-order chi connectivity index (χ0) is 21.9. The monoisotopic (exact) mass is 419 g/mol. The van der Waals surface area contributed by atoms with Gasteiger partial charge in [-0.1, -0.05) is 0 Å². The molecule has 0 aliphatic heterocycles. The average molecular weight is 419 g/mol. The summed E-state index contributed by atoms with van der Waals surface area (Å²) in [5.74, 6) is -1.55. The molecule has 3 aromatic rings. The molecule has 1 aromatic heterocycles. The smallest absolute Gasteiger partial charge is 0.416 e. The first-order chi connectivity index (χ1) is 14.1. The van der Waals surface area contributed by atoms with Gasteiger partial charge < -0.3 is 15.7 Å². The Bertz CT molecular complexity index is 1090. The van der Waals surface area contributed by atoms with Gasteiger partial charge in [-0.05, 0) is 48.5 Å². The number of nitrogens with zero attached hydrogens (tertiary/aromatic N) is 3. The standard InChI is InChI=1S/C18H12F3N5O4/c19-18(20,21)11-3-7-13(8-4-11)25-16-14(26(29)30)15(22-9-23-16)24-12-5-1-10(2-6-12)17(27)28/h1-9H,(H,27,28)(H2,22,23,24,25). The molecule has 1 heterocycles. The summed E-state index contributed by atoms with van der Waals surface area (Å²) < 4.78 is 38.0. The third-order valence-electron chi connectivity index (χ3n) is 3.87. The summed E-state index contributed by atoms with van der Waals surface area (Å²) in [7, 11) is 0. The van der Waals surface area contributed by atoms with Crippen molar-refractivity contribution in [3.63, 3.8) is 0 Å². The van der Waals surface area contributed by atoms with Gasteiger partial charge in [0, 0.05) is 11.4 Å². The number of alkyl halides is 3. The first kappa shape index (κ1) is 20.5. The zero-order valence-electron chi connectivity index (χ0n) is 14.8. The summed E-state index contributed by atoms with van der Waals surface area (Å²) in [6, 6.07) is 9.31. The minimum absolute atomic E-state index is 0.0300. The third-order valence-corrected chi connectivity index (χ3v) is 3.87. The van der Waals surface area contributed by atoms with Crippen molar-refractivity contribution in [2.45, 2.75) is 6.18 Å². The Kier molecular flexibility index (Phi) is 5.49. The summed E-state index contributed by atoms with van der Waals surface area (Å²) >= 11 is 0. The van der Waals surface area contributed by atoms with E-state index in [9.17, 15) is 28.1 Å². The molecule has 2 aromatic carbocycles. The maximum absolute atomic E-state index is 12.7. The number of aromatic nitrogens is 2. The third kappa shape index (κ3) is 4.60. The highest BCUT2D eigenvalue weighted by molar-refractivity contribution is 5.88. The Morgan fingerprint density at radius 1 is 0.933 bits per heavy atom. The fraction of sp³-hybridized carbons (Fsp3) is 0.0556. The van der Waals surface area contributed by atoms with Crippen LogP contribution in [0.25, 0.3) is 0 Å². The number of carbonyl (C=O) groups is 1. The molecule has 0 atom stereocenters. The lowest BCUT2D eigenvalue weighted by Crippen LogP contribution is -2.07. The van der Waals surface area contributed by atoms with E-state index in [1.807, 2.05) is 0 Å². The van der Waals surface area contributed by atoms with Gasteiger partial charge in [0.1, 0.15) is 6.33 Å². The van der Waals surface area contributed by atoms with Crippen LogP contribution in [0.5, 0.6) is 0 Å². The summed E-state index contributed by atoms with van der Waals surface area (Å²) in [6.07, 6.45) is -3.47. The molecule has 0 saturated carbocycles. The Labute approximate surface area is 166 Å². The quantitative estimate of drug-likeness (QED) is 0.391. The maximum atomic E-state index is 12.7. The van der Waals surface area contributed by atoms with E-state index in [1.54, 1.807) is 0 Å². The number of hydrogen-bond acceptors (Lipinski definition) is 7. The van der Waals surface area contributed by atoms with Crippen LogP contribution in [-0.2, 0) is 6.18 Å². The van der Waals surface area contributed by atoms with Crippen molar-refractivity contribution < 1.29 is 28.0 Å². The van der Waals surface area contributed by atoms with Crippen molar-refractivity contribution in [1.82, 2.24) is 9.97 Å². The van der Waals surface area contributed by atoms with Crippen LogP contribution < -0.4 is 10.6 Å². The Balaban J connectivity index is 1.89. The first-order valence-electron chi connectivity index (χ1n) is 8.19. The summed E-state index contributed by atoms with van der Waals surface area (Å²) in [5, 5.41) is 25.8. The SMILES string of the molecule is O=C(O)c1ccc(Nc2ncnc(Nc3ccc(C(F)(F)F)cc3)c2[N+](=O)[O-])cc1. The number of nitro groups is 1. The minimum atomic E-state index is -4.51. The molecule has 0 unspecified atom stereocenters. The average Bonchev–Trinajstić information content (AvgIpc) is 2.68. The molecule has 0 aliphatic rings. The summed E-state index contributed by atoms with van der Waals surface area (Å²) in [5.41, 5.74) is -0.886. The predicted molar refractivity (Wildman–Crippen MR) is 100 cm³/mol. The highest BCUT2D eigenvalue weighted by atomic mass is 19.4. The van der Waals surface area contributed by atoms with Crippen molar-refractivity contribution in [3.05, 3.63) is 76.1 Å². The number of aromatic carboxylic acids is 1. The molecular weight excluding hydrogens is 407 g/mol. The molecule has 0 bridgehead atoms. The Morgan fingerprint density at radius 3 is 1.80 bits per heavy atom. The highest BCUT2D eigenvalue weighted by Gasteiger charge is 2.30. The summed E-state index contributed by atoms with van der Waals surface area (Å²) in [6.45, 7) is 0. The lowest BCUT2D eigenvalue weighted by Gasteiger charge is -2.11. The highest BCUT2D eigenvalue weighted by Crippen LogP contribution is 2.34. The van der Waals surface area contributed by atoms with E-state index in [4.69, 9.17) is 5.11 Å². The van der Waals surface area contributed by atoms with E-state index >= 15 is 0 Å². The Morgan fingerprint density at radius 2 is 1.40 bits per heavy atom. The fourth-order valence-corrected chi connectivity index (χ4v) is 2.45. The van der Waals surface area contributed by atoms with E-state index in [2.05, 4.69) is 20.6 Å². The van der Waals surface area contributed by atoms with Gasteiger partial charge in [0.15, 0.2) is 0 Å². The number of halogens is 3. The molecule has 0 aliphatic carbocycles. The van der Waals surface area contributed by atoms with E-state index in [0.29, 0.717) is 5.69 Å². The molecule has 0 amide bonds. The van der Waals surface area contributed by atoms with Crippen LogP contribution >= 0.6 is 0 Å². The number of carboxylic acids is 1. The van der Waals surface area contributed by atoms with Gasteiger partial charge in [0.2, 0.25) is 11.6 Å². The van der Waals surface area contributed by atoms with Gasteiger partial charge in [-0.15, -0.1) is 0 Å². The van der Waals surface area contributed by atoms with Gasteiger partial charge in [-0.2, -0.15) is 13.2 Å².